The molecule has 0 radical (unpaired) electrons. The number of ether oxygens (including phenoxy) is 1. The molecule has 1 unspecified atom stereocenters. The molecular formula is C15H19F2O5P. The summed E-state index contributed by atoms with van der Waals surface area (Å²) < 4.78 is 54.2. The summed E-state index contributed by atoms with van der Waals surface area (Å²) in [7, 11) is -3.24. The Kier molecular flexibility index (Phi) is 7.17. The molecule has 0 aliphatic heterocycles. The molecule has 128 valence electrons. The molecular weight excluding hydrogens is 329 g/mol. The Hall–Kier alpha value is -1.45. The van der Waals surface area contributed by atoms with Crippen molar-refractivity contribution in [3.63, 3.8) is 0 Å². The van der Waals surface area contributed by atoms with Crippen LogP contribution in [0.25, 0.3) is 0 Å². The predicted octanol–water partition coefficient (Wildman–Crippen LogP) is 3.59. The van der Waals surface area contributed by atoms with Crippen molar-refractivity contribution in [1.82, 2.24) is 0 Å². The number of methoxy groups -OCH3 is 1. The highest BCUT2D eigenvalue weighted by atomic mass is 31.2. The first-order chi connectivity index (χ1) is 10.8. The van der Waals surface area contributed by atoms with E-state index < -0.39 is 19.4 Å². The Labute approximate surface area is 134 Å². The summed E-state index contributed by atoms with van der Waals surface area (Å²) in [5, 5.41) is 9.85. The monoisotopic (exact) mass is 348 g/mol. The van der Waals surface area contributed by atoms with Gasteiger partial charge in [-0.1, -0.05) is 18.1 Å². The number of benzene rings is 1. The standard InChI is InChI=1S/C15H19F2O5P/c1-4-21-23(19,22-5-2)15(16,17)11-10-14(18)12-6-8-13(20-3)9-7-12/h6-9,14,18H,4-5H2,1-3H3. The minimum Gasteiger partial charge on any atom is -0.497 e. The molecule has 1 aromatic rings. The van der Waals surface area contributed by atoms with Gasteiger partial charge in [-0.25, -0.2) is 0 Å². The van der Waals surface area contributed by atoms with Crippen LogP contribution in [0.2, 0.25) is 0 Å². The van der Waals surface area contributed by atoms with Crippen molar-refractivity contribution in [2.45, 2.75) is 25.6 Å². The molecule has 8 heteroatoms. The topological polar surface area (TPSA) is 65.0 Å². The Morgan fingerprint density at radius 1 is 1.22 bits per heavy atom. The van der Waals surface area contributed by atoms with Gasteiger partial charge in [0.05, 0.1) is 20.3 Å². The lowest BCUT2D eigenvalue weighted by Gasteiger charge is -2.21. The van der Waals surface area contributed by atoms with Gasteiger partial charge in [-0.2, -0.15) is 8.78 Å². The Balaban J connectivity index is 2.98. The first-order valence-electron chi connectivity index (χ1n) is 6.91. The van der Waals surface area contributed by atoms with Crippen molar-refractivity contribution in [2.75, 3.05) is 20.3 Å². The van der Waals surface area contributed by atoms with Gasteiger partial charge in [-0.3, -0.25) is 4.57 Å². The van der Waals surface area contributed by atoms with Gasteiger partial charge in [0.1, 0.15) is 11.9 Å². The smallest absolute Gasteiger partial charge is 0.412 e. The van der Waals surface area contributed by atoms with Crippen LogP contribution in [-0.4, -0.2) is 31.1 Å². The Morgan fingerprint density at radius 2 is 1.74 bits per heavy atom. The SMILES string of the molecule is CCOP(=O)(OCC)C(F)(F)C#CC(O)c1ccc(OC)cc1. The van der Waals surface area contributed by atoms with Gasteiger partial charge in [0.2, 0.25) is 0 Å². The molecule has 1 N–H and O–H groups in total. The molecule has 1 rings (SSSR count). The van der Waals surface area contributed by atoms with Gasteiger partial charge >= 0.3 is 13.3 Å². The number of aliphatic hydroxyl groups is 1. The lowest BCUT2D eigenvalue weighted by molar-refractivity contribution is 0.0865. The first-order valence-corrected chi connectivity index (χ1v) is 8.45. The lowest BCUT2D eigenvalue weighted by atomic mass is 10.1. The second kappa shape index (κ2) is 8.42. The molecule has 0 fully saturated rings. The molecule has 0 saturated carbocycles. The fourth-order valence-electron chi connectivity index (χ4n) is 1.63. The molecule has 0 bridgehead atoms. The van der Waals surface area contributed by atoms with Crippen LogP contribution in [-0.2, 0) is 13.6 Å². The van der Waals surface area contributed by atoms with Crippen LogP contribution in [0.3, 0.4) is 0 Å². The average molecular weight is 348 g/mol. The molecule has 0 aliphatic rings. The number of rotatable bonds is 7. The maximum absolute atomic E-state index is 14.0. The maximum Gasteiger partial charge on any atom is 0.412 e. The molecule has 23 heavy (non-hydrogen) atoms. The number of hydrogen-bond acceptors (Lipinski definition) is 5. The van der Waals surface area contributed by atoms with E-state index in [0.717, 1.165) is 0 Å². The molecule has 0 aromatic heterocycles. The van der Waals surface area contributed by atoms with Gasteiger partial charge in [0.15, 0.2) is 0 Å². The maximum atomic E-state index is 14.0. The zero-order valence-electron chi connectivity index (χ0n) is 13.1. The van der Waals surface area contributed by atoms with Gasteiger partial charge in [-0.15, -0.1) is 0 Å². The van der Waals surface area contributed by atoms with Gasteiger partial charge in [-0.05, 0) is 37.5 Å². The number of alkyl halides is 2. The van der Waals surface area contributed by atoms with E-state index >= 15 is 0 Å². The van der Waals surface area contributed by atoms with E-state index in [0.29, 0.717) is 11.3 Å². The van der Waals surface area contributed by atoms with Crippen LogP contribution < -0.4 is 4.74 Å². The van der Waals surface area contributed by atoms with Crippen LogP contribution >= 0.6 is 7.60 Å². The number of aliphatic hydroxyl groups excluding tert-OH is 1. The van der Waals surface area contributed by atoms with Gasteiger partial charge in [0, 0.05) is 0 Å². The van der Waals surface area contributed by atoms with Crippen molar-refractivity contribution < 1.29 is 32.2 Å². The third-order valence-corrected chi connectivity index (χ3v) is 4.73. The summed E-state index contributed by atoms with van der Waals surface area (Å²) in [6, 6.07) is 6.09. The molecule has 0 aliphatic carbocycles. The normalized spacial score (nSPS) is 13.1. The van der Waals surface area contributed by atoms with E-state index in [2.05, 4.69) is 9.05 Å². The quantitative estimate of drug-likeness (QED) is 0.603. The average Bonchev–Trinajstić information content (AvgIpc) is 2.53. The van der Waals surface area contributed by atoms with Gasteiger partial charge in [0.25, 0.3) is 0 Å². The highest BCUT2D eigenvalue weighted by molar-refractivity contribution is 7.55. The van der Waals surface area contributed by atoms with Crippen LogP contribution in [0.4, 0.5) is 8.78 Å². The van der Waals surface area contributed by atoms with E-state index in [1.807, 2.05) is 5.92 Å². The molecule has 1 atom stereocenters. The van der Waals surface area contributed by atoms with Crippen LogP contribution in [0.1, 0.15) is 25.5 Å². The second-order valence-electron chi connectivity index (χ2n) is 4.32. The summed E-state index contributed by atoms with van der Waals surface area (Å²) >= 11 is 0. The lowest BCUT2D eigenvalue weighted by Crippen LogP contribution is -2.18. The molecule has 0 spiro atoms. The predicted molar refractivity (Wildman–Crippen MR) is 81.5 cm³/mol. The third-order valence-electron chi connectivity index (χ3n) is 2.73. The van der Waals surface area contributed by atoms with Crippen LogP contribution in [0.15, 0.2) is 24.3 Å². The molecule has 0 amide bonds. The van der Waals surface area contributed by atoms with Crippen molar-refractivity contribution in [3.05, 3.63) is 29.8 Å². The summed E-state index contributed by atoms with van der Waals surface area (Å²) in [5.74, 6) is 4.05. The molecule has 1 aromatic carbocycles. The minimum absolute atomic E-state index is 0.213. The van der Waals surface area contributed by atoms with E-state index in [9.17, 15) is 18.5 Å². The first kappa shape index (κ1) is 19.6. The van der Waals surface area contributed by atoms with Crippen molar-refractivity contribution in [2.24, 2.45) is 0 Å². The van der Waals surface area contributed by atoms with Crippen LogP contribution in [0.5, 0.6) is 5.75 Å². The largest absolute Gasteiger partial charge is 0.497 e. The highest BCUT2D eigenvalue weighted by Crippen LogP contribution is 2.61. The second-order valence-corrected chi connectivity index (χ2v) is 6.39. The summed E-state index contributed by atoms with van der Waals surface area (Å²) in [6.07, 6.45) is -1.47. The Morgan fingerprint density at radius 3 is 2.17 bits per heavy atom. The summed E-state index contributed by atoms with van der Waals surface area (Å²) in [6.45, 7) is 2.41. The van der Waals surface area contributed by atoms with Gasteiger partial charge < -0.3 is 18.9 Å². The summed E-state index contributed by atoms with van der Waals surface area (Å²) in [5.41, 5.74) is -3.72. The fourth-order valence-corrected chi connectivity index (χ4v) is 2.91. The van der Waals surface area contributed by atoms with E-state index in [4.69, 9.17) is 4.74 Å². The zero-order chi connectivity index (χ0) is 17.5. The van der Waals surface area contributed by atoms with Crippen molar-refractivity contribution in [3.8, 4) is 17.6 Å². The fraction of sp³-hybridized carbons (Fsp3) is 0.467. The highest BCUT2D eigenvalue weighted by Gasteiger charge is 2.52. The summed E-state index contributed by atoms with van der Waals surface area (Å²) in [4.78, 5) is 0. The molecule has 0 saturated heterocycles. The van der Waals surface area contributed by atoms with Crippen LogP contribution in [0, 0.1) is 11.8 Å². The van der Waals surface area contributed by atoms with E-state index in [-0.39, 0.29) is 13.2 Å². The Bertz CT molecular complexity index is 597. The zero-order valence-corrected chi connectivity index (χ0v) is 14.0. The van der Waals surface area contributed by atoms with Crippen molar-refractivity contribution in [1.29, 1.82) is 0 Å². The van der Waals surface area contributed by atoms with E-state index in [1.54, 1.807) is 12.1 Å². The van der Waals surface area contributed by atoms with Crippen molar-refractivity contribution >= 4 is 7.60 Å². The molecule has 5 nitrogen and oxygen atoms in total. The molecule has 0 heterocycles. The third kappa shape index (κ3) is 5.02. The van der Waals surface area contributed by atoms with E-state index in [1.165, 1.54) is 39.0 Å². The number of halogens is 2. The number of hydrogen-bond donors (Lipinski definition) is 1. The minimum atomic E-state index is -4.72.